The fraction of sp³-hybridized carbons (Fsp3) is 0.273. The van der Waals surface area contributed by atoms with Gasteiger partial charge in [0.1, 0.15) is 0 Å². The second-order valence-corrected chi connectivity index (χ2v) is 8.73. The Morgan fingerprint density at radius 2 is 1.72 bits per heavy atom. The number of nitrogens with one attached hydrogen (secondary N) is 1. The van der Waals surface area contributed by atoms with E-state index in [1.165, 1.54) is 0 Å². The van der Waals surface area contributed by atoms with Gasteiger partial charge in [-0.1, -0.05) is 23.8 Å². The zero-order valence-corrected chi connectivity index (χ0v) is 17.7. The molecule has 1 aromatic heterocycles. The standard InChI is InChI=1S/C22H25N2O4P/c1-4-27-29(26,28-5-2)15-17-7-9-20(10-8-17)23-14-19-13-18-12-16(3)6-11-21(18)24-22(19)25/h6-14H,4-5,15H2,1-3H3,(H,24,25). The van der Waals surface area contributed by atoms with Crippen molar-refractivity contribution in [1.29, 1.82) is 0 Å². The van der Waals surface area contributed by atoms with Gasteiger partial charge in [0.15, 0.2) is 0 Å². The first kappa shape index (κ1) is 21.2. The van der Waals surface area contributed by atoms with Gasteiger partial charge in [-0.25, -0.2) is 0 Å². The van der Waals surface area contributed by atoms with Gasteiger partial charge in [-0.2, -0.15) is 0 Å². The highest BCUT2D eigenvalue weighted by atomic mass is 31.2. The topological polar surface area (TPSA) is 80.8 Å². The molecule has 0 saturated carbocycles. The Bertz CT molecular complexity index is 1110. The fourth-order valence-corrected chi connectivity index (χ4v) is 4.72. The molecule has 1 heterocycles. The maximum atomic E-state index is 12.6. The number of fused-ring (bicyclic) bond motifs is 1. The van der Waals surface area contributed by atoms with E-state index in [-0.39, 0.29) is 11.7 Å². The number of aromatic amines is 1. The highest BCUT2D eigenvalue weighted by Crippen LogP contribution is 2.51. The van der Waals surface area contributed by atoms with Crippen molar-refractivity contribution in [1.82, 2.24) is 4.98 Å². The van der Waals surface area contributed by atoms with Crippen molar-refractivity contribution in [3.8, 4) is 0 Å². The number of aryl methyl sites for hydroxylation is 1. The van der Waals surface area contributed by atoms with Crippen LogP contribution in [0.1, 0.15) is 30.5 Å². The molecule has 0 radical (unpaired) electrons. The Labute approximate surface area is 170 Å². The number of hydrogen-bond acceptors (Lipinski definition) is 5. The van der Waals surface area contributed by atoms with Gasteiger partial charge < -0.3 is 14.0 Å². The Morgan fingerprint density at radius 3 is 2.38 bits per heavy atom. The molecule has 0 amide bonds. The van der Waals surface area contributed by atoms with Crippen molar-refractivity contribution in [2.45, 2.75) is 26.9 Å². The molecular weight excluding hydrogens is 387 g/mol. The average molecular weight is 412 g/mol. The quantitative estimate of drug-likeness (QED) is 0.399. The van der Waals surface area contributed by atoms with Crippen LogP contribution < -0.4 is 5.56 Å². The molecule has 0 aliphatic heterocycles. The number of aliphatic imine (C=N–C) groups is 1. The third-order valence-electron chi connectivity index (χ3n) is 4.35. The van der Waals surface area contributed by atoms with Gasteiger partial charge in [-0.3, -0.25) is 14.4 Å². The van der Waals surface area contributed by atoms with E-state index in [2.05, 4.69) is 9.98 Å². The average Bonchev–Trinajstić information content (AvgIpc) is 2.68. The van der Waals surface area contributed by atoms with Crippen LogP contribution in [0.4, 0.5) is 5.69 Å². The van der Waals surface area contributed by atoms with Crippen LogP contribution in [0.2, 0.25) is 0 Å². The van der Waals surface area contributed by atoms with Crippen LogP contribution in [0, 0.1) is 6.92 Å². The van der Waals surface area contributed by atoms with Crippen molar-refractivity contribution >= 4 is 30.4 Å². The van der Waals surface area contributed by atoms with Gasteiger partial charge in [0.05, 0.1) is 30.6 Å². The molecule has 7 heteroatoms. The van der Waals surface area contributed by atoms with E-state index in [9.17, 15) is 9.36 Å². The first-order chi connectivity index (χ1) is 13.9. The van der Waals surface area contributed by atoms with Gasteiger partial charge in [0.2, 0.25) is 0 Å². The largest absolute Gasteiger partial charge is 0.335 e. The van der Waals surface area contributed by atoms with Crippen molar-refractivity contribution < 1.29 is 13.6 Å². The maximum absolute atomic E-state index is 12.6. The van der Waals surface area contributed by atoms with Crippen LogP contribution in [0.3, 0.4) is 0 Å². The zero-order valence-electron chi connectivity index (χ0n) is 16.8. The van der Waals surface area contributed by atoms with E-state index < -0.39 is 7.60 Å². The second-order valence-electron chi connectivity index (χ2n) is 6.67. The number of nitrogens with zero attached hydrogens (tertiary/aromatic N) is 1. The Balaban J connectivity index is 1.78. The van der Waals surface area contributed by atoms with Gasteiger partial charge in [-0.05, 0) is 62.1 Å². The van der Waals surface area contributed by atoms with Crippen molar-refractivity contribution in [2.24, 2.45) is 4.99 Å². The third-order valence-corrected chi connectivity index (χ3v) is 6.40. The molecular formula is C22H25N2O4P. The molecule has 0 aliphatic rings. The first-order valence-corrected chi connectivity index (χ1v) is 11.3. The number of benzene rings is 2. The lowest BCUT2D eigenvalue weighted by molar-refractivity contribution is 0.219. The van der Waals surface area contributed by atoms with Gasteiger partial charge in [0, 0.05) is 11.7 Å². The van der Waals surface area contributed by atoms with Crippen LogP contribution in [0.15, 0.2) is 58.3 Å². The molecule has 3 aromatic rings. The molecule has 6 nitrogen and oxygen atoms in total. The summed E-state index contributed by atoms with van der Waals surface area (Å²) < 4.78 is 23.3. The summed E-state index contributed by atoms with van der Waals surface area (Å²) in [6.07, 6.45) is 1.77. The monoisotopic (exact) mass is 412 g/mol. The summed E-state index contributed by atoms with van der Waals surface area (Å²) >= 11 is 0. The van der Waals surface area contributed by atoms with E-state index >= 15 is 0 Å². The van der Waals surface area contributed by atoms with Crippen molar-refractivity contribution in [3.05, 3.63) is 75.6 Å². The summed E-state index contributed by atoms with van der Waals surface area (Å²) in [6.45, 7) is 6.26. The molecule has 0 unspecified atom stereocenters. The fourth-order valence-electron chi connectivity index (χ4n) is 3.02. The minimum absolute atomic E-state index is 0.184. The van der Waals surface area contributed by atoms with E-state index in [0.717, 1.165) is 22.0 Å². The highest BCUT2D eigenvalue weighted by molar-refractivity contribution is 7.53. The number of hydrogen-bond donors (Lipinski definition) is 1. The second kappa shape index (κ2) is 9.31. The summed E-state index contributed by atoms with van der Waals surface area (Å²) in [5, 5.41) is 0.962. The van der Waals surface area contributed by atoms with E-state index in [1.807, 2.05) is 55.5 Å². The normalized spacial score (nSPS) is 12.1. The van der Waals surface area contributed by atoms with Gasteiger partial charge in [0.25, 0.3) is 5.56 Å². The summed E-state index contributed by atoms with van der Waals surface area (Å²) in [4.78, 5) is 19.5. The molecule has 152 valence electrons. The summed E-state index contributed by atoms with van der Waals surface area (Å²) in [5.74, 6) is 0. The van der Waals surface area contributed by atoms with Crippen LogP contribution in [0.5, 0.6) is 0 Å². The molecule has 0 bridgehead atoms. The lowest BCUT2D eigenvalue weighted by Gasteiger charge is -2.16. The number of rotatable bonds is 8. The SMILES string of the molecule is CCOP(=O)(Cc1ccc(N=Cc2cc3cc(C)ccc3[nH]c2=O)cc1)OCC. The highest BCUT2D eigenvalue weighted by Gasteiger charge is 2.23. The molecule has 29 heavy (non-hydrogen) atoms. The zero-order chi connectivity index (χ0) is 20.9. The minimum Gasteiger partial charge on any atom is -0.321 e. The molecule has 3 rings (SSSR count). The van der Waals surface area contributed by atoms with Gasteiger partial charge >= 0.3 is 7.60 Å². The van der Waals surface area contributed by atoms with Crippen molar-refractivity contribution in [3.63, 3.8) is 0 Å². The summed E-state index contributed by atoms with van der Waals surface area (Å²) in [7, 11) is -3.14. The Hall–Kier alpha value is -2.53. The van der Waals surface area contributed by atoms with Crippen LogP contribution in [0.25, 0.3) is 10.9 Å². The first-order valence-electron chi connectivity index (χ1n) is 9.57. The molecule has 0 spiro atoms. The predicted molar refractivity (Wildman–Crippen MR) is 118 cm³/mol. The molecule has 0 aliphatic carbocycles. The molecule has 1 N–H and O–H groups in total. The van der Waals surface area contributed by atoms with E-state index in [4.69, 9.17) is 9.05 Å². The number of pyridine rings is 1. The maximum Gasteiger partial charge on any atom is 0.335 e. The van der Waals surface area contributed by atoms with Crippen LogP contribution in [-0.4, -0.2) is 24.4 Å². The van der Waals surface area contributed by atoms with Crippen LogP contribution in [-0.2, 0) is 19.8 Å². The lowest BCUT2D eigenvalue weighted by Crippen LogP contribution is -2.11. The smallest absolute Gasteiger partial charge is 0.321 e. The summed E-state index contributed by atoms with van der Waals surface area (Å²) in [6, 6.07) is 15.0. The third kappa shape index (κ3) is 5.51. The number of aromatic nitrogens is 1. The Morgan fingerprint density at radius 1 is 1.03 bits per heavy atom. The van der Waals surface area contributed by atoms with Crippen LogP contribution >= 0.6 is 7.60 Å². The summed E-state index contributed by atoms with van der Waals surface area (Å²) in [5.41, 5.74) is 3.77. The van der Waals surface area contributed by atoms with E-state index in [0.29, 0.717) is 24.5 Å². The number of H-pyrrole nitrogens is 1. The molecule has 2 aromatic carbocycles. The van der Waals surface area contributed by atoms with E-state index in [1.54, 1.807) is 20.1 Å². The molecule has 0 fully saturated rings. The Kier molecular flexibility index (Phi) is 6.80. The lowest BCUT2D eigenvalue weighted by atomic mass is 10.1. The van der Waals surface area contributed by atoms with Gasteiger partial charge in [-0.15, -0.1) is 0 Å². The molecule has 0 atom stereocenters. The predicted octanol–water partition coefficient (Wildman–Crippen LogP) is 5.35. The van der Waals surface area contributed by atoms with Crippen molar-refractivity contribution in [2.75, 3.05) is 13.2 Å². The molecule has 0 saturated heterocycles. The minimum atomic E-state index is -3.14.